The minimum Gasteiger partial charge on any atom is -0.497 e. The molecule has 0 unspecified atom stereocenters. The van der Waals surface area contributed by atoms with Gasteiger partial charge in [0.15, 0.2) is 0 Å². The maximum Gasteiger partial charge on any atom is 0.256 e. The first-order valence-corrected chi connectivity index (χ1v) is 7.57. The molecule has 0 atom stereocenters. The van der Waals surface area contributed by atoms with Gasteiger partial charge in [0.25, 0.3) is 5.91 Å². The molecule has 1 N–H and O–H groups in total. The number of furan rings is 1. The van der Waals surface area contributed by atoms with Crippen molar-refractivity contribution >= 4 is 23.2 Å². The molecule has 4 rings (SSSR count). The van der Waals surface area contributed by atoms with E-state index in [4.69, 9.17) is 9.15 Å². The molecule has 0 spiro atoms. The van der Waals surface area contributed by atoms with Gasteiger partial charge in [-0.05, 0) is 55.2 Å². The van der Waals surface area contributed by atoms with Crippen LogP contribution in [0, 0.1) is 0 Å². The van der Waals surface area contributed by atoms with E-state index in [0.29, 0.717) is 5.57 Å². The number of benzene rings is 1. The Bertz CT molecular complexity index is 762. The summed E-state index contributed by atoms with van der Waals surface area (Å²) in [6.45, 7) is 0. The standard InChI is InChI=1S/C18H17NO3/c1-21-12-6-7-16-14(9-12)15(18(20)19-16)10-13-8-11-4-2-3-5-17(11)22-13/h6-10H,2-5H2,1H3,(H,19,20). The van der Waals surface area contributed by atoms with E-state index in [1.807, 2.05) is 24.3 Å². The molecule has 2 aliphatic rings. The molecular weight excluding hydrogens is 278 g/mol. The Morgan fingerprint density at radius 2 is 2.09 bits per heavy atom. The molecule has 0 bridgehead atoms. The Labute approximate surface area is 128 Å². The van der Waals surface area contributed by atoms with Gasteiger partial charge in [-0.3, -0.25) is 4.79 Å². The zero-order chi connectivity index (χ0) is 15.1. The topological polar surface area (TPSA) is 51.5 Å². The van der Waals surface area contributed by atoms with Gasteiger partial charge in [0.1, 0.15) is 17.3 Å². The average Bonchev–Trinajstić information content (AvgIpc) is 3.08. The Morgan fingerprint density at radius 1 is 1.23 bits per heavy atom. The summed E-state index contributed by atoms with van der Waals surface area (Å²) in [5, 5.41) is 2.88. The molecular formula is C18H17NO3. The lowest BCUT2D eigenvalue weighted by molar-refractivity contribution is -0.110. The molecule has 1 aliphatic heterocycles. The van der Waals surface area contributed by atoms with Crippen molar-refractivity contribution in [1.29, 1.82) is 0 Å². The summed E-state index contributed by atoms with van der Waals surface area (Å²) >= 11 is 0. The fourth-order valence-electron chi connectivity index (χ4n) is 3.16. The summed E-state index contributed by atoms with van der Waals surface area (Å²) in [6, 6.07) is 7.64. The van der Waals surface area contributed by atoms with Crippen LogP contribution < -0.4 is 10.1 Å². The minimum absolute atomic E-state index is 0.0994. The highest BCUT2D eigenvalue weighted by molar-refractivity contribution is 6.34. The molecule has 0 saturated heterocycles. The van der Waals surface area contributed by atoms with E-state index in [1.165, 1.54) is 18.4 Å². The second-order valence-electron chi connectivity index (χ2n) is 5.73. The summed E-state index contributed by atoms with van der Waals surface area (Å²) < 4.78 is 11.2. The number of fused-ring (bicyclic) bond motifs is 2. The van der Waals surface area contributed by atoms with E-state index in [2.05, 4.69) is 11.4 Å². The van der Waals surface area contributed by atoms with Crippen molar-refractivity contribution in [3.05, 3.63) is 46.9 Å². The number of amides is 1. The highest BCUT2D eigenvalue weighted by atomic mass is 16.5. The Balaban J connectivity index is 1.76. The van der Waals surface area contributed by atoms with Crippen molar-refractivity contribution in [2.45, 2.75) is 25.7 Å². The highest BCUT2D eigenvalue weighted by Gasteiger charge is 2.25. The predicted octanol–water partition coefficient (Wildman–Crippen LogP) is 3.66. The van der Waals surface area contributed by atoms with Gasteiger partial charge >= 0.3 is 0 Å². The Kier molecular flexibility index (Phi) is 3.03. The number of nitrogens with one attached hydrogen (secondary N) is 1. The highest BCUT2D eigenvalue weighted by Crippen LogP contribution is 2.36. The van der Waals surface area contributed by atoms with E-state index in [-0.39, 0.29) is 5.91 Å². The molecule has 0 saturated carbocycles. The van der Waals surface area contributed by atoms with Crippen LogP contribution in [0.4, 0.5) is 5.69 Å². The van der Waals surface area contributed by atoms with Crippen LogP contribution in [-0.2, 0) is 17.6 Å². The number of anilines is 1. The molecule has 1 aromatic carbocycles. The third kappa shape index (κ3) is 2.11. The van der Waals surface area contributed by atoms with Crippen LogP contribution in [-0.4, -0.2) is 13.0 Å². The number of ether oxygens (including phenoxy) is 1. The van der Waals surface area contributed by atoms with Gasteiger partial charge in [0.05, 0.1) is 12.7 Å². The maximum absolute atomic E-state index is 12.2. The van der Waals surface area contributed by atoms with Crippen molar-refractivity contribution in [1.82, 2.24) is 0 Å². The fourth-order valence-corrected chi connectivity index (χ4v) is 3.16. The molecule has 2 heterocycles. The second kappa shape index (κ2) is 5.05. The van der Waals surface area contributed by atoms with Crippen molar-refractivity contribution in [3.8, 4) is 5.75 Å². The number of aryl methyl sites for hydroxylation is 2. The van der Waals surface area contributed by atoms with Crippen molar-refractivity contribution in [2.24, 2.45) is 0 Å². The SMILES string of the molecule is COc1ccc2c(c1)C(=Cc1cc3c(o1)CCCC3)C(=O)N2. The number of hydrogen-bond acceptors (Lipinski definition) is 3. The van der Waals surface area contributed by atoms with Gasteiger partial charge in [0.2, 0.25) is 0 Å². The first kappa shape index (κ1) is 13.2. The number of hydrogen-bond donors (Lipinski definition) is 1. The summed E-state index contributed by atoms with van der Waals surface area (Å²) in [7, 11) is 1.62. The van der Waals surface area contributed by atoms with Gasteiger partial charge in [0, 0.05) is 17.7 Å². The monoisotopic (exact) mass is 295 g/mol. The zero-order valence-electron chi connectivity index (χ0n) is 12.4. The number of methoxy groups -OCH3 is 1. The molecule has 22 heavy (non-hydrogen) atoms. The van der Waals surface area contributed by atoms with E-state index >= 15 is 0 Å². The first-order valence-electron chi connectivity index (χ1n) is 7.57. The summed E-state index contributed by atoms with van der Waals surface area (Å²) in [5.74, 6) is 2.47. The van der Waals surface area contributed by atoms with Crippen molar-refractivity contribution in [2.75, 3.05) is 12.4 Å². The molecule has 4 heteroatoms. The van der Waals surface area contributed by atoms with Crippen LogP contribution in [0.1, 0.15) is 35.5 Å². The molecule has 2 aromatic rings. The van der Waals surface area contributed by atoms with Crippen LogP contribution in [0.15, 0.2) is 28.7 Å². The second-order valence-corrected chi connectivity index (χ2v) is 5.73. The molecule has 4 nitrogen and oxygen atoms in total. The molecule has 1 aromatic heterocycles. The van der Waals surface area contributed by atoms with Crippen LogP contribution >= 0.6 is 0 Å². The summed E-state index contributed by atoms with van der Waals surface area (Å²) in [5.41, 5.74) is 3.58. The Morgan fingerprint density at radius 3 is 2.91 bits per heavy atom. The largest absolute Gasteiger partial charge is 0.497 e. The van der Waals surface area contributed by atoms with E-state index in [9.17, 15) is 4.79 Å². The molecule has 0 radical (unpaired) electrons. The number of carbonyl (C=O) groups excluding carboxylic acids is 1. The quantitative estimate of drug-likeness (QED) is 0.860. The maximum atomic E-state index is 12.2. The van der Waals surface area contributed by atoms with Gasteiger partial charge in [-0.1, -0.05) is 0 Å². The third-order valence-electron chi connectivity index (χ3n) is 4.31. The van der Waals surface area contributed by atoms with Crippen molar-refractivity contribution < 1.29 is 13.9 Å². The molecule has 1 aliphatic carbocycles. The Hall–Kier alpha value is -2.49. The van der Waals surface area contributed by atoms with Crippen LogP contribution in [0.25, 0.3) is 11.6 Å². The number of carbonyl (C=O) groups is 1. The van der Waals surface area contributed by atoms with E-state index in [1.54, 1.807) is 7.11 Å². The van der Waals surface area contributed by atoms with E-state index in [0.717, 1.165) is 41.4 Å². The fraction of sp³-hybridized carbons (Fsp3) is 0.278. The molecule has 1 amide bonds. The van der Waals surface area contributed by atoms with Gasteiger partial charge in [-0.2, -0.15) is 0 Å². The van der Waals surface area contributed by atoms with Gasteiger partial charge in [-0.25, -0.2) is 0 Å². The van der Waals surface area contributed by atoms with E-state index < -0.39 is 0 Å². The average molecular weight is 295 g/mol. The normalized spacial score (nSPS) is 18.0. The first-order chi connectivity index (χ1) is 10.7. The lowest BCUT2D eigenvalue weighted by atomic mass is 9.98. The van der Waals surface area contributed by atoms with Gasteiger partial charge < -0.3 is 14.5 Å². The summed E-state index contributed by atoms with van der Waals surface area (Å²) in [6.07, 6.45) is 6.28. The summed E-state index contributed by atoms with van der Waals surface area (Å²) in [4.78, 5) is 12.2. The smallest absolute Gasteiger partial charge is 0.256 e. The minimum atomic E-state index is -0.0994. The van der Waals surface area contributed by atoms with Gasteiger partial charge in [-0.15, -0.1) is 0 Å². The predicted molar refractivity (Wildman–Crippen MR) is 84.8 cm³/mol. The number of rotatable bonds is 2. The van der Waals surface area contributed by atoms with Crippen LogP contribution in [0.3, 0.4) is 0 Å². The van der Waals surface area contributed by atoms with Crippen LogP contribution in [0.5, 0.6) is 5.75 Å². The molecule has 112 valence electrons. The third-order valence-corrected chi connectivity index (χ3v) is 4.31. The van der Waals surface area contributed by atoms with Crippen LogP contribution in [0.2, 0.25) is 0 Å². The van der Waals surface area contributed by atoms with Crippen molar-refractivity contribution in [3.63, 3.8) is 0 Å². The zero-order valence-corrected chi connectivity index (χ0v) is 12.4. The lowest BCUT2D eigenvalue weighted by Crippen LogP contribution is -2.03. The molecule has 0 fully saturated rings. The lowest BCUT2D eigenvalue weighted by Gasteiger charge is -2.07.